The van der Waals surface area contributed by atoms with E-state index in [1.165, 1.54) is 0 Å². The number of ether oxygens (including phenoxy) is 2. The molecule has 0 unspecified atom stereocenters. The van der Waals surface area contributed by atoms with Crippen LogP contribution in [0.3, 0.4) is 0 Å². The number of hydrogen-bond donors (Lipinski definition) is 2. The Balaban J connectivity index is 1.45. The quantitative estimate of drug-likeness (QED) is 0.416. The van der Waals surface area contributed by atoms with Gasteiger partial charge in [0.2, 0.25) is 0 Å². The normalized spacial score (nSPS) is 10.8. The van der Waals surface area contributed by atoms with E-state index in [0.29, 0.717) is 11.4 Å². The molecular weight excluding hydrogens is 416 g/mol. The van der Waals surface area contributed by atoms with Crippen LogP contribution in [0.5, 0.6) is 0 Å². The lowest BCUT2D eigenvalue weighted by Gasteiger charge is -2.11. The molecule has 3 aromatic rings. The summed E-state index contributed by atoms with van der Waals surface area (Å²) in [6.07, 6.45) is 6.12. The van der Waals surface area contributed by atoms with E-state index in [1.807, 2.05) is 79.7 Å². The molecular formula is C27H26N2O4. The van der Waals surface area contributed by atoms with Crippen molar-refractivity contribution in [1.82, 2.24) is 0 Å². The highest BCUT2D eigenvalue weighted by Crippen LogP contribution is 2.20. The lowest BCUT2D eigenvalue weighted by Crippen LogP contribution is -2.16. The summed E-state index contributed by atoms with van der Waals surface area (Å²) in [6.45, 7) is 2.13. The first kappa shape index (κ1) is 23.3. The molecule has 168 valence electrons. The average Bonchev–Trinajstić information content (AvgIpc) is 2.83. The predicted octanol–water partition coefficient (Wildman–Crippen LogP) is 6.52. The van der Waals surface area contributed by atoms with Crippen LogP contribution in [-0.4, -0.2) is 25.4 Å². The first-order valence-electron chi connectivity index (χ1n) is 10.5. The van der Waals surface area contributed by atoms with Gasteiger partial charge in [-0.2, -0.15) is 0 Å². The molecule has 0 fully saturated rings. The van der Waals surface area contributed by atoms with Gasteiger partial charge in [0.25, 0.3) is 0 Å². The van der Waals surface area contributed by atoms with Crippen LogP contribution in [0.2, 0.25) is 0 Å². The third-order valence-corrected chi connectivity index (χ3v) is 4.56. The fraction of sp³-hybridized carbons (Fsp3) is 0.111. The van der Waals surface area contributed by atoms with Crippen molar-refractivity contribution in [2.24, 2.45) is 0 Å². The minimum Gasteiger partial charge on any atom is -0.445 e. The predicted molar refractivity (Wildman–Crippen MR) is 132 cm³/mol. The highest BCUT2D eigenvalue weighted by molar-refractivity contribution is 5.89. The van der Waals surface area contributed by atoms with Gasteiger partial charge in [0.15, 0.2) is 0 Å². The fourth-order valence-electron chi connectivity index (χ4n) is 2.88. The molecule has 0 saturated carbocycles. The SMILES string of the molecule is Cc1ccc(NC(=O)OC/C=C/c2ccccc2)cc1NC(=O)OC/C=C\c1ccccc1. The van der Waals surface area contributed by atoms with Gasteiger partial charge in [-0.3, -0.25) is 10.6 Å². The largest absolute Gasteiger partial charge is 0.445 e. The van der Waals surface area contributed by atoms with Crippen molar-refractivity contribution >= 4 is 35.7 Å². The van der Waals surface area contributed by atoms with E-state index in [1.54, 1.807) is 30.4 Å². The first-order valence-corrected chi connectivity index (χ1v) is 10.5. The number of amides is 2. The minimum atomic E-state index is -0.587. The summed E-state index contributed by atoms with van der Waals surface area (Å²) in [7, 11) is 0. The lowest BCUT2D eigenvalue weighted by atomic mass is 10.2. The smallest absolute Gasteiger partial charge is 0.411 e. The number of aryl methyl sites for hydroxylation is 1. The van der Waals surface area contributed by atoms with E-state index in [-0.39, 0.29) is 13.2 Å². The summed E-state index contributed by atoms with van der Waals surface area (Å²) in [5, 5.41) is 5.35. The summed E-state index contributed by atoms with van der Waals surface area (Å²) < 4.78 is 10.4. The summed E-state index contributed by atoms with van der Waals surface area (Å²) in [5.41, 5.74) is 3.92. The van der Waals surface area contributed by atoms with Crippen molar-refractivity contribution in [1.29, 1.82) is 0 Å². The van der Waals surface area contributed by atoms with E-state index >= 15 is 0 Å². The van der Waals surface area contributed by atoms with Crippen LogP contribution in [0.15, 0.2) is 91.0 Å². The molecule has 0 heterocycles. The molecule has 0 spiro atoms. The fourth-order valence-corrected chi connectivity index (χ4v) is 2.88. The van der Waals surface area contributed by atoms with Crippen molar-refractivity contribution < 1.29 is 19.1 Å². The molecule has 3 aromatic carbocycles. The maximum Gasteiger partial charge on any atom is 0.411 e. The number of nitrogens with one attached hydrogen (secondary N) is 2. The van der Waals surface area contributed by atoms with Crippen LogP contribution in [0.1, 0.15) is 16.7 Å². The zero-order valence-corrected chi connectivity index (χ0v) is 18.4. The molecule has 0 aromatic heterocycles. The third-order valence-electron chi connectivity index (χ3n) is 4.56. The molecule has 3 rings (SSSR count). The number of anilines is 2. The van der Waals surface area contributed by atoms with Gasteiger partial charge in [0, 0.05) is 11.4 Å². The minimum absolute atomic E-state index is 0.139. The Morgan fingerprint density at radius 1 is 0.727 bits per heavy atom. The van der Waals surface area contributed by atoms with Gasteiger partial charge in [-0.15, -0.1) is 0 Å². The highest BCUT2D eigenvalue weighted by atomic mass is 16.6. The number of carbonyl (C=O) groups excluding carboxylic acids is 2. The molecule has 6 heteroatoms. The van der Waals surface area contributed by atoms with E-state index in [4.69, 9.17) is 9.47 Å². The topological polar surface area (TPSA) is 76.7 Å². The molecule has 0 aliphatic heterocycles. The number of rotatable bonds is 8. The maximum absolute atomic E-state index is 12.1. The van der Waals surface area contributed by atoms with Crippen molar-refractivity contribution in [2.45, 2.75) is 6.92 Å². The Labute approximate surface area is 193 Å². The molecule has 2 amide bonds. The van der Waals surface area contributed by atoms with Gasteiger partial charge in [0.1, 0.15) is 13.2 Å². The van der Waals surface area contributed by atoms with Crippen LogP contribution in [-0.2, 0) is 9.47 Å². The monoisotopic (exact) mass is 442 g/mol. The number of hydrogen-bond acceptors (Lipinski definition) is 4. The van der Waals surface area contributed by atoms with E-state index in [0.717, 1.165) is 16.7 Å². The zero-order chi connectivity index (χ0) is 23.3. The van der Waals surface area contributed by atoms with Crippen molar-refractivity contribution in [3.05, 3.63) is 108 Å². The van der Waals surface area contributed by atoms with Crippen molar-refractivity contribution in [3.8, 4) is 0 Å². The van der Waals surface area contributed by atoms with E-state index < -0.39 is 12.2 Å². The molecule has 2 N–H and O–H groups in total. The molecule has 33 heavy (non-hydrogen) atoms. The molecule has 0 radical (unpaired) electrons. The third kappa shape index (κ3) is 8.38. The molecule has 0 bridgehead atoms. The molecule has 0 atom stereocenters. The Bertz CT molecular complexity index is 1110. The van der Waals surface area contributed by atoms with Crippen LogP contribution in [0, 0.1) is 6.92 Å². The molecule has 0 saturated heterocycles. The Morgan fingerprint density at radius 3 is 1.79 bits per heavy atom. The van der Waals surface area contributed by atoms with Gasteiger partial charge in [-0.05, 0) is 47.9 Å². The van der Waals surface area contributed by atoms with Crippen LogP contribution < -0.4 is 10.6 Å². The van der Waals surface area contributed by atoms with Gasteiger partial charge < -0.3 is 9.47 Å². The Kier molecular flexibility index (Phi) is 8.85. The Hall–Kier alpha value is -4.32. The maximum atomic E-state index is 12.1. The van der Waals surface area contributed by atoms with Gasteiger partial charge >= 0.3 is 12.2 Å². The number of carbonyl (C=O) groups is 2. The second-order valence-corrected chi connectivity index (χ2v) is 7.10. The number of benzene rings is 3. The zero-order valence-electron chi connectivity index (χ0n) is 18.4. The second-order valence-electron chi connectivity index (χ2n) is 7.10. The highest BCUT2D eigenvalue weighted by Gasteiger charge is 2.08. The molecule has 6 nitrogen and oxygen atoms in total. The lowest BCUT2D eigenvalue weighted by molar-refractivity contribution is 0.173. The van der Waals surface area contributed by atoms with E-state index in [2.05, 4.69) is 10.6 Å². The van der Waals surface area contributed by atoms with Gasteiger partial charge in [-0.1, -0.05) is 78.9 Å². The Morgan fingerprint density at radius 2 is 1.24 bits per heavy atom. The van der Waals surface area contributed by atoms with Crippen LogP contribution in [0.4, 0.5) is 21.0 Å². The second kappa shape index (κ2) is 12.5. The van der Waals surface area contributed by atoms with Crippen LogP contribution >= 0.6 is 0 Å². The summed E-state index contributed by atoms with van der Waals surface area (Å²) >= 11 is 0. The van der Waals surface area contributed by atoms with Gasteiger partial charge in [0.05, 0.1) is 0 Å². The summed E-state index contributed by atoms with van der Waals surface area (Å²) in [6, 6.07) is 24.6. The van der Waals surface area contributed by atoms with Crippen LogP contribution in [0.25, 0.3) is 12.2 Å². The molecule has 0 aliphatic carbocycles. The van der Waals surface area contributed by atoms with Gasteiger partial charge in [-0.25, -0.2) is 9.59 Å². The first-order chi connectivity index (χ1) is 16.1. The van der Waals surface area contributed by atoms with E-state index in [9.17, 15) is 9.59 Å². The van der Waals surface area contributed by atoms with Crippen molar-refractivity contribution in [2.75, 3.05) is 23.8 Å². The average molecular weight is 443 g/mol. The molecule has 0 aliphatic rings. The summed E-state index contributed by atoms with van der Waals surface area (Å²) in [5.74, 6) is 0. The standard InChI is InChI=1S/C27H26N2O4/c1-21-16-17-24(28-26(30)32-18-8-14-22-10-4-2-5-11-22)20-25(21)29-27(31)33-19-9-15-23-12-6-3-7-13-23/h2-17,20H,18-19H2,1H3,(H,28,30)(H,29,31)/b14-8+,15-9-. The van der Waals surface area contributed by atoms with Crippen molar-refractivity contribution in [3.63, 3.8) is 0 Å². The summed E-state index contributed by atoms with van der Waals surface area (Å²) in [4.78, 5) is 24.2.